The largest absolute Gasteiger partial charge is 0.309 e. The number of nitrogens with zero attached hydrogens (tertiary/aromatic N) is 1. The summed E-state index contributed by atoms with van der Waals surface area (Å²) < 4.78 is 0. The monoisotopic (exact) mass is 701 g/mol. The Bertz CT molecular complexity index is 2800. The summed E-state index contributed by atoms with van der Waals surface area (Å²) in [6, 6.07) is 79.6. The molecule has 1 heteroatoms. The van der Waals surface area contributed by atoms with Gasteiger partial charge < -0.3 is 4.90 Å². The van der Waals surface area contributed by atoms with Gasteiger partial charge in [0.1, 0.15) is 0 Å². The SMILES string of the molecule is CC1(c2ccccc2)c2ccccc2-c2c(-c3ccc(N(c4ccccc4-c4ccc(-c5ccccc5)cc4)c4cccc5ccccc45)cc3)cccc21. The Kier molecular flexibility index (Phi) is 8.00. The highest BCUT2D eigenvalue weighted by atomic mass is 15.1. The van der Waals surface area contributed by atoms with E-state index < -0.39 is 0 Å². The molecular weight excluding hydrogens is 663 g/mol. The summed E-state index contributed by atoms with van der Waals surface area (Å²) in [7, 11) is 0. The number of rotatable bonds is 7. The fraction of sp³-hybridized carbons (Fsp3) is 0.0370. The third-order valence-corrected chi connectivity index (χ3v) is 11.6. The number of hydrogen-bond acceptors (Lipinski definition) is 1. The van der Waals surface area contributed by atoms with Crippen molar-refractivity contribution in [3.8, 4) is 44.5 Å². The zero-order chi connectivity index (χ0) is 36.8. The van der Waals surface area contributed by atoms with Gasteiger partial charge in [0.05, 0.1) is 11.4 Å². The summed E-state index contributed by atoms with van der Waals surface area (Å²) >= 11 is 0. The van der Waals surface area contributed by atoms with E-state index in [1.54, 1.807) is 0 Å². The first-order valence-corrected chi connectivity index (χ1v) is 19.1. The summed E-state index contributed by atoms with van der Waals surface area (Å²) in [5.74, 6) is 0. The summed E-state index contributed by atoms with van der Waals surface area (Å²) in [5.41, 5.74) is 17.1. The molecule has 1 unspecified atom stereocenters. The molecule has 0 saturated carbocycles. The summed E-state index contributed by atoms with van der Waals surface area (Å²) in [6.07, 6.45) is 0. The standard InChI is InChI=1S/C54H39N/c1-54(43-20-6-3-7-21-43)49-26-12-10-24-48(49)53-47(25-15-27-50(53)54)42-34-36-44(37-35-42)55(52-29-14-19-40-18-8-9-22-45(40)52)51-28-13-11-23-46(51)41-32-30-39(31-33-41)38-16-4-2-5-17-38/h2-37H,1H3. The minimum atomic E-state index is -0.239. The van der Waals surface area contributed by atoms with E-state index in [2.05, 4.69) is 230 Å². The van der Waals surface area contributed by atoms with E-state index in [4.69, 9.17) is 0 Å². The maximum absolute atomic E-state index is 2.43. The Morgan fingerprint density at radius 1 is 0.345 bits per heavy atom. The van der Waals surface area contributed by atoms with E-state index in [1.807, 2.05) is 0 Å². The van der Waals surface area contributed by atoms with Gasteiger partial charge in [0.25, 0.3) is 0 Å². The molecule has 260 valence electrons. The molecule has 0 N–H and O–H groups in total. The number of benzene rings is 9. The Labute approximate surface area is 323 Å². The van der Waals surface area contributed by atoms with Crippen LogP contribution in [-0.4, -0.2) is 0 Å². The van der Waals surface area contributed by atoms with Crippen LogP contribution in [0.3, 0.4) is 0 Å². The van der Waals surface area contributed by atoms with Crippen molar-refractivity contribution in [2.75, 3.05) is 4.90 Å². The lowest BCUT2D eigenvalue weighted by Crippen LogP contribution is -2.22. The molecule has 1 aliphatic rings. The Hall–Kier alpha value is -6.96. The van der Waals surface area contributed by atoms with Crippen molar-refractivity contribution in [2.24, 2.45) is 0 Å². The van der Waals surface area contributed by atoms with Crippen molar-refractivity contribution in [2.45, 2.75) is 12.3 Å². The second-order valence-corrected chi connectivity index (χ2v) is 14.6. The van der Waals surface area contributed by atoms with Crippen LogP contribution in [0.1, 0.15) is 23.6 Å². The van der Waals surface area contributed by atoms with Crippen molar-refractivity contribution in [3.05, 3.63) is 235 Å². The highest BCUT2D eigenvalue weighted by Gasteiger charge is 2.41. The first kappa shape index (κ1) is 32.7. The van der Waals surface area contributed by atoms with Crippen LogP contribution in [0.25, 0.3) is 55.3 Å². The molecule has 0 bridgehead atoms. The molecule has 9 aromatic rings. The van der Waals surface area contributed by atoms with Crippen LogP contribution in [0.4, 0.5) is 17.1 Å². The lowest BCUT2D eigenvalue weighted by atomic mass is 9.74. The Morgan fingerprint density at radius 3 is 1.65 bits per heavy atom. The average Bonchev–Trinajstić information content (AvgIpc) is 3.54. The Morgan fingerprint density at radius 2 is 0.855 bits per heavy atom. The molecule has 0 aromatic heterocycles. The zero-order valence-electron chi connectivity index (χ0n) is 30.7. The summed E-state index contributed by atoms with van der Waals surface area (Å²) in [4.78, 5) is 2.43. The van der Waals surface area contributed by atoms with Crippen molar-refractivity contribution in [1.29, 1.82) is 0 Å². The van der Waals surface area contributed by atoms with Crippen molar-refractivity contribution >= 4 is 27.8 Å². The molecular formula is C54H39N. The van der Waals surface area contributed by atoms with Gasteiger partial charge in [0.2, 0.25) is 0 Å². The highest BCUT2D eigenvalue weighted by molar-refractivity contribution is 6.01. The predicted octanol–water partition coefficient (Wildman–Crippen LogP) is 14.6. The molecule has 55 heavy (non-hydrogen) atoms. The number of fused-ring (bicyclic) bond motifs is 4. The first-order chi connectivity index (χ1) is 27.2. The lowest BCUT2D eigenvalue weighted by Gasteiger charge is -2.29. The lowest BCUT2D eigenvalue weighted by molar-refractivity contribution is 0.714. The second-order valence-electron chi connectivity index (χ2n) is 14.6. The molecule has 0 saturated heterocycles. The van der Waals surface area contributed by atoms with Gasteiger partial charge in [-0.15, -0.1) is 0 Å². The van der Waals surface area contributed by atoms with Gasteiger partial charge in [0, 0.05) is 22.1 Å². The van der Waals surface area contributed by atoms with Gasteiger partial charge in [-0.3, -0.25) is 0 Å². The maximum atomic E-state index is 2.43. The molecule has 0 amide bonds. The van der Waals surface area contributed by atoms with Gasteiger partial charge >= 0.3 is 0 Å². The number of para-hydroxylation sites is 1. The molecule has 1 atom stereocenters. The van der Waals surface area contributed by atoms with E-state index >= 15 is 0 Å². The minimum absolute atomic E-state index is 0.239. The molecule has 1 aliphatic carbocycles. The van der Waals surface area contributed by atoms with Crippen LogP contribution < -0.4 is 4.90 Å². The van der Waals surface area contributed by atoms with Crippen molar-refractivity contribution in [1.82, 2.24) is 0 Å². The molecule has 9 aromatic carbocycles. The fourth-order valence-corrected chi connectivity index (χ4v) is 8.85. The normalized spacial score (nSPS) is 14.3. The molecule has 1 nitrogen and oxygen atoms in total. The second kappa shape index (κ2) is 13.5. The third kappa shape index (κ3) is 5.47. The quantitative estimate of drug-likeness (QED) is 0.160. The van der Waals surface area contributed by atoms with Crippen LogP contribution in [0.5, 0.6) is 0 Å². The van der Waals surface area contributed by atoms with E-state index in [0.29, 0.717) is 0 Å². The topological polar surface area (TPSA) is 3.24 Å². The number of anilines is 3. The van der Waals surface area contributed by atoms with E-state index in [9.17, 15) is 0 Å². The van der Waals surface area contributed by atoms with Crippen LogP contribution >= 0.6 is 0 Å². The number of hydrogen-bond donors (Lipinski definition) is 0. The van der Waals surface area contributed by atoms with E-state index in [-0.39, 0.29) is 5.41 Å². The van der Waals surface area contributed by atoms with Crippen LogP contribution in [-0.2, 0) is 5.41 Å². The van der Waals surface area contributed by atoms with Crippen LogP contribution in [0.2, 0.25) is 0 Å². The molecule has 0 heterocycles. The van der Waals surface area contributed by atoms with Gasteiger partial charge in [-0.05, 0) is 92.2 Å². The first-order valence-electron chi connectivity index (χ1n) is 19.1. The molecule has 0 fully saturated rings. The average molecular weight is 702 g/mol. The highest BCUT2D eigenvalue weighted by Crippen LogP contribution is 2.55. The summed E-state index contributed by atoms with van der Waals surface area (Å²) in [5, 5.41) is 2.42. The van der Waals surface area contributed by atoms with Crippen molar-refractivity contribution < 1.29 is 0 Å². The van der Waals surface area contributed by atoms with Gasteiger partial charge in [-0.2, -0.15) is 0 Å². The zero-order valence-corrected chi connectivity index (χ0v) is 30.7. The molecule has 0 aliphatic heterocycles. The molecule has 0 radical (unpaired) electrons. The van der Waals surface area contributed by atoms with Crippen LogP contribution in [0, 0.1) is 0 Å². The van der Waals surface area contributed by atoms with E-state index in [1.165, 1.54) is 72.0 Å². The molecule has 10 rings (SSSR count). The predicted molar refractivity (Wildman–Crippen MR) is 232 cm³/mol. The smallest absolute Gasteiger partial charge is 0.0540 e. The Balaban J connectivity index is 1.11. The van der Waals surface area contributed by atoms with Crippen LogP contribution in [0.15, 0.2) is 218 Å². The summed E-state index contributed by atoms with van der Waals surface area (Å²) in [6.45, 7) is 2.38. The third-order valence-electron chi connectivity index (χ3n) is 11.6. The fourth-order valence-electron chi connectivity index (χ4n) is 8.85. The van der Waals surface area contributed by atoms with Gasteiger partial charge in [0.15, 0.2) is 0 Å². The maximum Gasteiger partial charge on any atom is 0.0540 e. The van der Waals surface area contributed by atoms with Gasteiger partial charge in [-0.25, -0.2) is 0 Å². The van der Waals surface area contributed by atoms with Crippen molar-refractivity contribution in [3.63, 3.8) is 0 Å². The minimum Gasteiger partial charge on any atom is -0.309 e. The van der Waals surface area contributed by atoms with Gasteiger partial charge in [-0.1, -0.05) is 194 Å². The molecule has 0 spiro atoms. The van der Waals surface area contributed by atoms with E-state index in [0.717, 1.165) is 17.1 Å².